The van der Waals surface area contributed by atoms with Gasteiger partial charge in [0.15, 0.2) is 6.61 Å². The van der Waals surface area contributed by atoms with Crippen LogP contribution < -0.4 is 4.90 Å². The van der Waals surface area contributed by atoms with Gasteiger partial charge in [-0.05, 0) is 31.2 Å². The molecule has 2 rings (SSSR count). The monoisotopic (exact) mass is 368 g/mol. The van der Waals surface area contributed by atoms with Crippen LogP contribution in [0, 0.1) is 18.3 Å². The number of benzene rings is 2. The first kappa shape index (κ1) is 19.5. The molecule has 0 saturated carbocycles. The van der Waals surface area contributed by atoms with E-state index < -0.39 is 5.97 Å². The first-order valence-corrected chi connectivity index (χ1v) is 9.16. The molecule has 0 saturated heterocycles. The quantitative estimate of drug-likeness (QED) is 0.526. The van der Waals surface area contributed by atoms with Crippen LogP contribution in [-0.4, -0.2) is 30.8 Å². The third-order valence-electron chi connectivity index (χ3n) is 3.55. The van der Waals surface area contributed by atoms with Gasteiger partial charge in [-0.2, -0.15) is 5.26 Å². The summed E-state index contributed by atoms with van der Waals surface area (Å²) in [6.45, 7) is 1.87. The van der Waals surface area contributed by atoms with Gasteiger partial charge in [-0.25, -0.2) is 0 Å². The minimum absolute atomic E-state index is 0.139. The van der Waals surface area contributed by atoms with E-state index in [4.69, 9.17) is 10.00 Å². The number of hydrogen-bond acceptors (Lipinski definition) is 5. The van der Waals surface area contributed by atoms with Crippen LogP contribution in [-0.2, 0) is 14.3 Å². The fourth-order valence-corrected chi connectivity index (χ4v) is 2.92. The van der Waals surface area contributed by atoms with Crippen molar-refractivity contribution in [1.29, 1.82) is 5.26 Å². The molecule has 26 heavy (non-hydrogen) atoms. The highest BCUT2D eigenvalue weighted by molar-refractivity contribution is 8.00. The predicted molar refractivity (Wildman–Crippen MR) is 102 cm³/mol. The van der Waals surface area contributed by atoms with Gasteiger partial charge in [-0.1, -0.05) is 35.9 Å². The molecule has 2 aromatic carbocycles. The Balaban J connectivity index is 1.88. The Morgan fingerprint density at radius 2 is 1.81 bits per heavy atom. The molecule has 134 valence electrons. The van der Waals surface area contributed by atoms with Crippen molar-refractivity contribution in [3.63, 3.8) is 0 Å². The highest BCUT2D eigenvalue weighted by Gasteiger charge is 2.17. The standard InChI is InChI=1S/C20H20N2O3S/c1-16-8-10-17(11-9-16)22(13-5-12-21)19(23)14-25-20(24)15-26-18-6-3-2-4-7-18/h2-4,6-11H,5,13-15H2,1H3. The number of nitrogens with zero attached hydrogens (tertiary/aromatic N) is 2. The molecule has 0 bridgehead atoms. The molecule has 0 fully saturated rings. The van der Waals surface area contributed by atoms with Gasteiger partial charge in [0.2, 0.25) is 0 Å². The summed E-state index contributed by atoms with van der Waals surface area (Å²) in [6.07, 6.45) is 0.206. The van der Waals surface area contributed by atoms with Crippen molar-refractivity contribution in [1.82, 2.24) is 0 Å². The van der Waals surface area contributed by atoms with Crippen molar-refractivity contribution >= 4 is 29.3 Å². The summed E-state index contributed by atoms with van der Waals surface area (Å²) >= 11 is 1.36. The number of aryl methyl sites for hydroxylation is 1. The molecular weight excluding hydrogens is 348 g/mol. The van der Waals surface area contributed by atoms with E-state index in [1.54, 1.807) is 0 Å². The number of esters is 1. The summed E-state index contributed by atoms with van der Waals surface area (Å²) in [4.78, 5) is 26.8. The van der Waals surface area contributed by atoms with Crippen molar-refractivity contribution in [2.45, 2.75) is 18.2 Å². The minimum atomic E-state index is -0.448. The average molecular weight is 368 g/mol. The summed E-state index contributed by atoms with van der Waals surface area (Å²) in [5, 5.41) is 8.81. The van der Waals surface area contributed by atoms with Gasteiger partial charge >= 0.3 is 5.97 Å². The average Bonchev–Trinajstić information content (AvgIpc) is 2.67. The Morgan fingerprint density at radius 1 is 1.12 bits per heavy atom. The van der Waals surface area contributed by atoms with Crippen molar-refractivity contribution in [3.05, 3.63) is 60.2 Å². The maximum Gasteiger partial charge on any atom is 0.316 e. The van der Waals surface area contributed by atoms with Gasteiger partial charge < -0.3 is 9.64 Å². The lowest BCUT2D eigenvalue weighted by atomic mass is 10.2. The third-order valence-corrected chi connectivity index (χ3v) is 4.54. The molecule has 5 nitrogen and oxygen atoms in total. The normalized spacial score (nSPS) is 10.0. The van der Waals surface area contributed by atoms with Gasteiger partial charge in [-0.3, -0.25) is 9.59 Å². The van der Waals surface area contributed by atoms with Gasteiger partial charge in [0.25, 0.3) is 5.91 Å². The van der Waals surface area contributed by atoms with Gasteiger partial charge in [0.05, 0.1) is 18.2 Å². The number of carbonyl (C=O) groups excluding carboxylic acids is 2. The highest BCUT2D eigenvalue weighted by Crippen LogP contribution is 2.18. The Kier molecular flexibility index (Phi) is 7.72. The first-order chi connectivity index (χ1) is 12.6. The summed E-state index contributed by atoms with van der Waals surface area (Å²) in [5.74, 6) is -0.654. The number of ether oxygens (including phenoxy) is 1. The number of carbonyl (C=O) groups is 2. The number of anilines is 1. The van der Waals surface area contributed by atoms with Crippen LogP contribution in [0.4, 0.5) is 5.69 Å². The summed E-state index contributed by atoms with van der Waals surface area (Å²) in [7, 11) is 0. The zero-order chi connectivity index (χ0) is 18.8. The second-order valence-corrected chi connectivity index (χ2v) is 6.60. The Hall–Kier alpha value is -2.78. The van der Waals surface area contributed by atoms with E-state index in [-0.39, 0.29) is 31.2 Å². The Labute approximate surface area is 157 Å². The van der Waals surface area contributed by atoms with E-state index in [1.165, 1.54) is 16.7 Å². The van der Waals surface area contributed by atoms with Crippen LogP contribution in [0.1, 0.15) is 12.0 Å². The van der Waals surface area contributed by atoms with Crippen molar-refractivity contribution in [2.75, 3.05) is 23.8 Å². The maximum absolute atomic E-state index is 12.4. The molecular formula is C20H20N2O3S. The summed E-state index contributed by atoms with van der Waals surface area (Å²) in [5.41, 5.74) is 1.76. The number of nitriles is 1. The zero-order valence-electron chi connectivity index (χ0n) is 14.6. The Morgan fingerprint density at radius 3 is 2.46 bits per heavy atom. The molecule has 0 radical (unpaired) electrons. The molecule has 0 aromatic heterocycles. The second-order valence-electron chi connectivity index (χ2n) is 5.55. The van der Waals surface area contributed by atoms with Crippen LogP contribution >= 0.6 is 11.8 Å². The van der Waals surface area contributed by atoms with E-state index in [0.29, 0.717) is 5.69 Å². The molecule has 0 atom stereocenters. The van der Waals surface area contributed by atoms with E-state index in [1.807, 2.05) is 67.6 Å². The fraction of sp³-hybridized carbons (Fsp3) is 0.250. The van der Waals surface area contributed by atoms with Gasteiger partial charge in [0, 0.05) is 17.1 Å². The molecule has 2 aromatic rings. The lowest BCUT2D eigenvalue weighted by Crippen LogP contribution is -2.35. The highest BCUT2D eigenvalue weighted by atomic mass is 32.2. The van der Waals surface area contributed by atoms with E-state index in [2.05, 4.69) is 0 Å². The van der Waals surface area contributed by atoms with Crippen LogP contribution in [0.3, 0.4) is 0 Å². The summed E-state index contributed by atoms with van der Waals surface area (Å²) in [6, 6.07) is 19.0. The molecule has 0 N–H and O–H groups in total. The number of thioether (sulfide) groups is 1. The van der Waals surface area contributed by atoms with Crippen LogP contribution in [0.2, 0.25) is 0 Å². The minimum Gasteiger partial charge on any atom is -0.455 e. The van der Waals surface area contributed by atoms with Crippen molar-refractivity contribution in [2.24, 2.45) is 0 Å². The van der Waals surface area contributed by atoms with E-state index >= 15 is 0 Å². The topological polar surface area (TPSA) is 70.4 Å². The first-order valence-electron chi connectivity index (χ1n) is 8.17. The molecule has 0 heterocycles. The number of hydrogen-bond donors (Lipinski definition) is 0. The molecule has 0 aliphatic carbocycles. The van der Waals surface area contributed by atoms with Crippen LogP contribution in [0.15, 0.2) is 59.5 Å². The number of amides is 1. The molecule has 6 heteroatoms. The smallest absolute Gasteiger partial charge is 0.316 e. The van der Waals surface area contributed by atoms with Crippen LogP contribution in [0.5, 0.6) is 0 Å². The Bertz CT molecular complexity index is 770. The van der Waals surface area contributed by atoms with Gasteiger partial charge in [-0.15, -0.1) is 11.8 Å². The van der Waals surface area contributed by atoms with Crippen molar-refractivity contribution in [3.8, 4) is 6.07 Å². The molecule has 0 unspecified atom stereocenters. The van der Waals surface area contributed by atoms with Gasteiger partial charge in [0.1, 0.15) is 0 Å². The van der Waals surface area contributed by atoms with E-state index in [9.17, 15) is 9.59 Å². The second kappa shape index (κ2) is 10.3. The fourth-order valence-electron chi connectivity index (χ4n) is 2.21. The third kappa shape index (κ3) is 6.26. The van der Waals surface area contributed by atoms with Crippen LogP contribution in [0.25, 0.3) is 0 Å². The molecule has 0 aliphatic heterocycles. The van der Waals surface area contributed by atoms with E-state index in [0.717, 1.165) is 10.5 Å². The SMILES string of the molecule is Cc1ccc(N(CCC#N)C(=O)COC(=O)CSc2ccccc2)cc1. The molecule has 0 spiro atoms. The number of rotatable bonds is 8. The molecule has 0 aliphatic rings. The lowest BCUT2D eigenvalue weighted by molar-refractivity contribution is -0.145. The summed E-state index contributed by atoms with van der Waals surface area (Å²) < 4.78 is 5.10. The maximum atomic E-state index is 12.4. The lowest BCUT2D eigenvalue weighted by Gasteiger charge is -2.21. The largest absolute Gasteiger partial charge is 0.455 e. The van der Waals surface area contributed by atoms with Crippen molar-refractivity contribution < 1.29 is 14.3 Å². The zero-order valence-corrected chi connectivity index (χ0v) is 15.4. The molecule has 1 amide bonds. The predicted octanol–water partition coefficient (Wildman–Crippen LogP) is 3.58.